The summed E-state index contributed by atoms with van der Waals surface area (Å²) in [5.74, 6) is -0.196. The van der Waals surface area contributed by atoms with Crippen LogP contribution in [0.4, 0.5) is 0 Å². The average molecular weight is 382 g/mol. The van der Waals surface area contributed by atoms with E-state index in [1.54, 1.807) is 12.1 Å². The Bertz CT molecular complexity index is 740. The van der Waals surface area contributed by atoms with Crippen LogP contribution in [0.2, 0.25) is 0 Å². The number of rotatable bonds is 11. The zero-order valence-electron chi connectivity index (χ0n) is 17.0. The van der Waals surface area contributed by atoms with Gasteiger partial charge in [0.15, 0.2) is 11.4 Å². The van der Waals surface area contributed by atoms with Crippen molar-refractivity contribution in [3.63, 3.8) is 0 Å². The number of ketones is 1. The summed E-state index contributed by atoms with van der Waals surface area (Å²) in [5, 5.41) is 0. The Balaban J connectivity index is 2.42. The average Bonchev–Trinajstić information content (AvgIpc) is 2.73. The highest BCUT2D eigenvalue weighted by Gasteiger charge is 2.42. The third-order valence-corrected chi connectivity index (χ3v) is 4.45. The molecule has 0 N–H and O–H groups in total. The lowest BCUT2D eigenvalue weighted by Crippen LogP contribution is -2.40. The number of esters is 1. The highest BCUT2D eigenvalue weighted by molar-refractivity contribution is 6.03. The Labute approximate surface area is 167 Å². The smallest absolute Gasteiger partial charge is 0.305 e. The molecule has 4 heteroatoms. The third kappa shape index (κ3) is 5.77. The van der Waals surface area contributed by atoms with Gasteiger partial charge >= 0.3 is 5.97 Å². The highest BCUT2D eigenvalue weighted by Crippen LogP contribution is 2.35. The predicted octanol–water partition coefficient (Wildman–Crippen LogP) is 5.17. The maximum Gasteiger partial charge on any atom is 0.305 e. The number of hydrogen-bond donors (Lipinski definition) is 0. The van der Waals surface area contributed by atoms with Gasteiger partial charge in [-0.05, 0) is 24.3 Å². The molecular weight excluding hydrogens is 352 g/mol. The van der Waals surface area contributed by atoms with Crippen LogP contribution in [-0.2, 0) is 19.9 Å². The van der Waals surface area contributed by atoms with Crippen LogP contribution >= 0.6 is 0 Å². The molecule has 0 radical (unpaired) electrons. The van der Waals surface area contributed by atoms with E-state index < -0.39 is 5.60 Å². The van der Waals surface area contributed by atoms with Gasteiger partial charge in [-0.15, -0.1) is 0 Å². The van der Waals surface area contributed by atoms with E-state index in [0.717, 1.165) is 12.0 Å². The van der Waals surface area contributed by atoms with Crippen LogP contribution in [0.5, 0.6) is 0 Å². The van der Waals surface area contributed by atoms with Crippen molar-refractivity contribution in [1.82, 2.24) is 0 Å². The first-order chi connectivity index (χ1) is 13.5. The normalized spacial score (nSPS) is 13.1. The van der Waals surface area contributed by atoms with Crippen LogP contribution in [0.3, 0.4) is 0 Å². The molecule has 0 spiro atoms. The van der Waals surface area contributed by atoms with Gasteiger partial charge in [-0.25, -0.2) is 0 Å². The van der Waals surface area contributed by atoms with Crippen LogP contribution in [0.1, 0.15) is 56.0 Å². The van der Waals surface area contributed by atoms with E-state index in [9.17, 15) is 9.59 Å². The lowest BCUT2D eigenvalue weighted by atomic mass is 9.81. The maximum absolute atomic E-state index is 13.6. The zero-order valence-corrected chi connectivity index (χ0v) is 17.0. The Morgan fingerprint density at radius 1 is 0.964 bits per heavy atom. The van der Waals surface area contributed by atoms with Crippen molar-refractivity contribution < 1.29 is 19.1 Å². The molecule has 1 atom stereocenters. The fourth-order valence-corrected chi connectivity index (χ4v) is 3.02. The predicted molar refractivity (Wildman–Crippen MR) is 110 cm³/mol. The summed E-state index contributed by atoms with van der Waals surface area (Å²) in [6.45, 7) is 6.83. The summed E-state index contributed by atoms with van der Waals surface area (Å²) in [6.07, 6.45) is 1.12. The zero-order chi connectivity index (χ0) is 20.4. The van der Waals surface area contributed by atoms with Crippen LogP contribution in [-0.4, -0.2) is 25.0 Å². The minimum absolute atomic E-state index is 0.117. The summed E-state index contributed by atoms with van der Waals surface area (Å²) in [7, 11) is 0. The largest absolute Gasteiger partial charge is 0.466 e. The molecule has 2 rings (SSSR count). The van der Waals surface area contributed by atoms with Gasteiger partial charge < -0.3 is 9.47 Å². The van der Waals surface area contributed by atoms with Crippen LogP contribution < -0.4 is 0 Å². The van der Waals surface area contributed by atoms with E-state index >= 15 is 0 Å². The Kier molecular flexibility index (Phi) is 8.40. The molecule has 0 saturated heterocycles. The van der Waals surface area contributed by atoms with Crippen molar-refractivity contribution in [2.24, 2.45) is 5.92 Å². The van der Waals surface area contributed by atoms with Gasteiger partial charge in [0.05, 0.1) is 13.2 Å². The molecule has 28 heavy (non-hydrogen) atoms. The molecule has 2 aromatic carbocycles. The third-order valence-electron chi connectivity index (χ3n) is 4.45. The molecule has 0 saturated carbocycles. The maximum atomic E-state index is 13.6. The Morgan fingerprint density at radius 2 is 1.57 bits per heavy atom. The number of carbonyl (C=O) groups excluding carboxylic acids is 2. The van der Waals surface area contributed by atoms with E-state index in [0.29, 0.717) is 18.8 Å². The summed E-state index contributed by atoms with van der Waals surface area (Å²) < 4.78 is 11.5. The molecule has 0 bridgehead atoms. The van der Waals surface area contributed by atoms with Crippen LogP contribution in [0.25, 0.3) is 0 Å². The van der Waals surface area contributed by atoms with Crippen molar-refractivity contribution in [3.8, 4) is 0 Å². The van der Waals surface area contributed by atoms with Crippen molar-refractivity contribution in [2.45, 2.75) is 45.6 Å². The minimum Gasteiger partial charge on any atom is -0.466 e. The molecule has 0 aliphatic heterocycles. The summed E-state index contributed by atoms with van der Waals surface area (Å²) >= 11 is 0. The molecule has 0 aromatic heterocycles. The number of ether oxygens (including phenoxy) is 2. The second-order valence-electron chi connectivity index (χ2n) is 7.31. The fourth-order valence-electron chi connectivity index (χ4n) is 3.02. The van der Waals surface area contributed by atoms with Gasteiger partial charge in [-0.2, -0.15) is 0 Å². The molecule has 0 fully saturated rings. The van der Waals surface area contributed by atoms with Crippen molar-refractivity contribution >= 4 is 11.8 Å². The first-order valence-electron chi connectivity index (χ1n) is 9.94. The Morgan fingerprint density at radius 3 is 2.14 bits per heavy atom. The molecule has 0 aliphatic rings. The Hall–Kier alpha value is -2.46. The van der Waals surface area contributed by atoms with Gasteiger partial charge in [0.25, 0.3) is 0 Å². The first kappa shape index (κ1) is 21.8. The van der Waals surface area contributed by atoms with E-state index in [4.69, 9.17) is 9.47 Å². The van der Waals surface area contributed by atoms with Crippen LogP contribution in [0.15, 0.2) is 60.7 Å². The molecule has 1 unspecified atom stereocenters. The first-order valence-corrected chi connectivity index (χ1v) is 9.94. The van der Waals surface area contributed by atoms with Gasteiger partial charge in [-0.1, -0.05) is 81.4 Å². The SMILES string of the molecule is CCCOC(=O)CCC(OCC(C)C)(C(=O)c1ccccc1)c1ccccc1. The van der Waals surface area contributed by atoms with Crippen LogP contribution in [0, 0.1) is 5.92 Å². The molecule has 0 amide bonds. The standard InChI is InChI=1S/C24H30O4/c1-4-17-27-22(25)15-16-24(28-18-19(2)3,21-13-9-6-10-14-21)23(26)20-11-7-5-8-12-20/h5-14,19H,4,15-18H2,1-3H3. The monoisotopic (exact) mass is 382 g/mol. The minimum atomic E-state index is -1.22. The molecular formula is C24H30O4. The van der Waals surface area contributed by atoms with Crippen molar-refractivity contribution in [3.05, 3.63) is 71.8 Å². The quantitative estimate of drug-likeness (QED) is 0.397. The molecule has 0 heterocycles. The molecule has 2 aromatic rings. The summed E-state index contributed by atoms with van der Waals surface area (Å²) in [5.41, 5.74) is 0.0998. The molecule has 4 nitrogen and oxygen atoms in total. The van der Waals surface area contributed by atoms with E-state index in [1.807, 2.05) is 69.3 Å². The molecule has 0 aliphatic carbocycles. The second-order valence-corrected chi connectivity index (χ2v) is 7.31. The van der Waals surface area contributed by atoms with E-state index in [2.05, 4.69) is 0 Å². The lowest BCUT2D eigenvalue weighted by Gasteiger charge is -2.34. The van der Waals surface area contributed by atoms with Gasteiger partial charge in [0, 0.05) is 12.0 Å². The number of benzene rings is 2. The second kappa shape index (κ2) is 10.8. The van der Waals surface area contributed by atoms with E-state index in [-0.39, 0.29) is 30.5 Å². The van der Waals surface area contributed by atoms with Gasteiger partial charge in [0.2, 0.25) is 0 Å². The van der Waals surface area contributed by atoms with E-state index in [1.165, 1.54) is 0 Å². The number of carbonyl (C=O) groups is 2. The number of Topliss-reactive ketones (excluding diaryl/α,β-unsaturated/α-hetero) is 1. The van der Waals surface area contributed by atoms with Crippen molar-refractivity contribution in [2.75, 3.05) is 13.2 Å². The molecule has 150 valence electrons. The van der Waals surface area contributed by atoms with Gasteiger partial charge in [-0.3, -0.25) is 9.59 Å². The van der Waals surface area contributed by atoms with Gasteiger partial charge in [0.1, 0.15) is 0 Å². The lowest BCUT2D eigenvalue weighted by molar-refractivity contribution is -0.145. The fraction of sp³-hybridized carbons (Fsp3) is 0.417. The van der Waals surface area contributed by atoms with Crippen molar-refractivity contribution in [1.29, 1.82) is 0 Å². The highest BCUT2D eigenvalue weighted by atomic mass is 16.5. The number of hydrogen-bond acceptors (Lipinski definition) is 4. The summed E-state index contributed by atoms with van der Waals surface area (Å²) in [6, 6.07) is 18.6. The topological polar surface area (TPSA) is 52.6 Å². The summed E-state index contributed by atoms with van der Waals surface area (Å²) in [4.78, 5) is 25.8.